The first kappa shape index (κ1) is 17.9. The molecule has 3 aliphatic rings. The third-order valence-electron chi connectivity index (χ3n) is 5.37. The zero-order chi connectivity index (χ0) is 19.0. The van der Waals surface area contributed by atoms with E-state index in [-0.39, 0.29) is 4.65 Å². The molecule has 142 valence electrons. The smallest absolute Gasteiger partial charge is 0.335 e. The minimum Gasteiger partial charge on any atom is -0.452 e. The van der Waals surface area contributed by atoms with Crippen molar-refractivity contribution in [3.05, 3.63) is 51.9 Å². The first-order valence-corrected chi connectivity index (χ1v) is 9.55. The van der Waals surface area contributed by atoms with E-state index in [4.69, 9.17) is 9.57 Å². The first-order chi connectivity index (χ1) is 13.1. The van der Waals surface area contributed by atoms with Gasteiger partial charge in [0.15, 0.2) is 17.7 Å². The van der Waals surface area contributed by atoms with Crippen LogP contribution < -0.4 is 15.8 Å². The molecule has 0 aromatic carbocycles. The zero-order valence-corrected chi connectivity index (χ0v) is 16.5. The number of ether oxygens (including phenoxy) is 1. The second-order valence-electron chi connectivity index (χ2n) is 7.52. The number of aromatic nitrogens is 2. The second-order valence-corrected chi connectivity index (χ2v) is 7.52. The summed E-state index contributed by atoms with van der Waals surface area (Å²) < 4.78 is 5.87. The summed E-state index contributed by atoms with van der Waals surface area (Å²) in [5.41, 5.74) is 3.53. The highest BCUT2D eigenvalue weighted by Crippen LogP contribution is 2.43. The van der Waals surface area contributed by atoms with E-state index >= 15 is 0 Å². The van der Waals surface area contributed by atoms with Gasteiger partial charge >= 0.3 is 5.88 Å². The van der Waals surface area contributed by atoms with Gasteiger partial charge in [0.05, 0.1) is 30.9 Å². The number of quaternary nitrogens is 1. The second kappa shape index (κ2) is 6.94. The van der Waals surface area contributed by atoms with Gasteiger partial charge in [0.1, 0.15) is 0 Å². The zero-order valence-electron chi connectivity index (χ0n) is 16.5. The number of rotatable bonds is 6. The van der Waals surface area contributed by atoms with Crippen LogP contribution in [0.15, 0.2) is 41.5 Å². The summed E-state index contributed by atoms with van der Waals surface area (Å²) in [5, 5.41) is 14.2. The summed E-state index contributed by atoms with van der Waals surface area (Å²) in [7, 11) is 3.40. The standard InChI is InChI=1S/C21H27N4O2/c1-14(2)9-10-22-21-19-16(12-23-24-21)13-25(27-4)18(26-3)11-15-7-5-6-8-17(15)20(19)25/h6,8,11-14H,5,7,9-10H2,1-4H3,(H,22,24)/q+1. The third kappa shape index (κ3) is 2.80. The van der Waals surface area contributed by atoms with E-state index in [0.29, 0.717) is 5.92 Å². The lowest BCUT2D eigenvalue weighted by molar-refractivity contribution is -0.962. The van der Waals surface area contributed by atoms with Crippen molar-refractivity contribution in [1.29, 1.82) is 0 Å². The fourth-order valence-corrected chi connectivity index (χ4v) is 4.00. The predicted molar refractivity (Wildman–Crippen MR) is 105 cm³/mol. The van der Waals surface area contributed by atoms with Gasteiger partial charge in [-0.3, -0.25) is 0 Å². The number of nitrogens with zero attached hydrogens (tertiary/aromatic N) is 3. The molecule has 6 heteroatoms. The van der Waals surface area contributed by atoms with Crippen LogP contribution in [0.3, 0.4) is 0 Å². The van der Waals surface area contributed by atoms with E-state index in [1.807, 2.05) is 0 Å². The highest BCUT2D eigenvalue weighted by molar-refractivity contribution is 5.74. The van der Waals surface area contributed by atoms with Crippen LogP contribution in [0.4, 0.5) is 5.82 Å². The Bertz CT molecular complexity index is 974. The molecule has 4 rings (SSSR count). The number of allylic oxidation sites excluding steroid dienone is 3. The fraction of sp³-hybridized carbons (Fsp3) is 0.429. The largest absolute Gasteiger partial charge is 0.452 e. The highest BCUT2D eigenvalue weighted by atomic mass is 16.7. The predicted octanol–water partition coefficient (Wildman–Crippen LogP) is 2.32. The molecule has 27 heavy (non-hydrogen) atoms. The lowest BCUT2D eigenvalue weighted by atomic mass is 9.91. The molecule has 1 N–H and O–H groups in total. The van der Waals surface area contributed by atoms with Crippen LogP contribution in [0, 0.1) is 5.92 Å². The summed E-state index contributed by atoms with van der Waals surface area (Å²) in [4.78, 5) is 6.04. The molecule has 0 saturated carbocycles. The molecule has 1 aromatic heterocycles. The van der Waals surface area contributed by atoms with Gasteiger partial charge in [-0.25, -0.2) is 0 Å². The van der Waals surface area contributed by atoms with Gasteiger partial charge in [-0.05, 0) is 30.8 Å². The maximum atomic E-state index is 6.04. The van der Waals surface area contributed by atoms with Crippen LogP contribution in [-0.2, 0) is 9.57 Å². The Morgan fingerprint density at radius 1 is 1.30 bits per heavy atom. The van der Waals surface area contributed by atoms with Crippen LogP contribution in [0.25, 0.3) is 11.9 Å². The van der Waals surface area contributed by atoms with Crippen molar-refractivity contribution in [2.45, 2.75) is 33.1 Å². The van der Waals surface area contributed by atoms with E-state index in [2.05, 4.69) is 53.8 Å². The first-order valence-electron chi connectivity index (χ1n) is 9.55. The number of nitrogens with one attached hydrogen (secondary N) is 1. The van der Waals surface area contributed by atoms with Crippen molar-refractivity contribution in [3.63, 3.8) is 0 Å². The van der Waals surface area contributed by atoms with Gasteiger partial charge in [0.25, 0.3) is 0 Å². The molecule has 1 atom stereocenters. The Balaban J connectivity index is 1.95. The Hall–Kier alpha value is -2.44. The van der Waals surface area contributed by atoms with Crippen LogP contribution in [0.2, 0.25) is 0 Å². The molecular formula is C21H27N4O2+. The van der Waals surface area contributed by atoms with Crippen molar-refractivity contribution >= 4 is 17.7 Å². The molecule has 1 aliphatic carbocycles. The van der Waals surface area contributed by atoms with Crippen molar-refractivity contribution in [1.82, 2.24) is 10.2 Å². The number of fused-ring (bicyclic) bond motifs is 3. The number of anilines is 1. The molecule has 0 radical (unpaired) electrons. The summed E-state index contributed by atoms with van der Waals surface area (Å²) in [6.45, 7) is 5.30. The molecule has 1 aromatic rings. The maximum Gasteiger partial charge on any atom is 0.335 e. The molecule has 2 aliphatic heterocycles. The molecule has 0 spiro atoms. The lowest BCUT2D eigenvalue weighted by Crippen LogP contribution is -2.42. The van der Waals surface area contributed by atoms with E-state index in [1.54, 1.807) is 20.4 Å². The molecule has 6 nitrogen and oxygen atoms in total. The Morgan fingerprint density at radius 3 is 2.89 bits per heavy atom. The Morgan fingerprint density at radius 2 is 2.15 bits per heavy atom. The van der Waals surface area contributed by atoms with Gasteiger partial charge in [-0.2, -0.15) is 9.94 Å². The normalized spacial score (nSPS) is 22.9. The minimum atomic E-state index is 0.0985. The Labute approximate surface area is 159 Å². The Kier molecular flexibility index (Phi) is 4.61. The third-order valence-corrected chi connectivity index (χ3v) is 5.37. The molecule has 3 heterocycles. The van der Waals surface area contributed by atoms with Gasteiger partial charge < -0.3 is 10.1 Å². The fourth-order valence-electron chi connectivity index (χ4n) is 4.00. The summed E-state index contributed by atoms with van der Waals surface area (Å²) in [6.07, 6.45) is 13.5. The number of hydroxylamine groups is 3. The highest BCUT2D eigenvalue weighted by Gasteiger charge is 2.49. The van der Waals surface area contributed by atoms with Crippen molar-refractivity contribution in [2.75, 3.05) is 26.1 Å². The van der Waals surface area contributed by atoms with Gasteiger partial charge in [0.2, 0.25) is 0 Å². The van der Waals surface area contributed by atoms with Crippen LogP contribution in [0.5, 0.6) is 0 Å². The topological polar surface area (TPSA) is 56.3 Å². The van der Waals surface area contributed by atoms with Crippen molar-refractivity contribution in [3.8, 4) is 0 Å². The van der Waals surface area contributed by atoms with Crippen molar-refractivity contribution in [2.24, 2.45) is 5.92 Å². The molecule has 0 bridgehead atoms. The van der Waals surface area contributed by atoms with E-state index in [1.165, 1.54) is 11.1 Å². The number of hydrogen-bond acceptors (Lipinski definition) is 5. The average Bonchev–Trinajstić information content (AvgIpc) is 3.03. The lowest BCUT2D eigenvalue weighted by Gasteiger charge is -2.34. The SMILES string of the molecule is COC1=CC2=C(C=CCC2)C2=c3c(NCCC(C)C)nncc3=C[N+]12OC. The molecule has 1 unspecified atom stereocenters. The van der Waals surface area contributed by atoms with Crippen LogP contribution in [-0.4, -0.2) is 35.6 Å². The minimum absolute atomic E-state index is 0.0985. The monoisotopic (exact) mass is 367 g/mol. The molecular weight excluding hydrogens is 340 g/mol. The summed E-state index contributed by atoms with van der Waals surface area (Å²) in [5.74, 6) is 2.19. The van der Waals surface area contributed by atoms with E-state index in [9.17, 15) is 0 Å². The average molecular weight is 367 g/mol. The van der Waals surface area contributed by atoms with Crippen LogP contribution >= 0.6 is 0 Å². The molecule has 0 amide bonds. The van der Waals surface area contributed by atoms with Gasteiger partial charge in [-0.15, -0.1) is 5.10 Å². The number of methoxy groups -OCH3 is 1. The molecule has 0 saturated heterocycles. The van der Waals surface area contributed by atoms with Gasteiger partial charge in [-0.1, -0.05) is 30.6 Å². The van der Waals surface area contributed by atoms with Crippen molar-refractivity contribution < 1.29 is 14.2 Å². The van der Waals surface area contributed by atoms with E-state index in [0.717, 1.165) is 53.6 Å². The molecule has 0 fully saturated rings. The van der Waals surface area contributed by atoms with E-state index < -0.39 is 0 Å². The number of hydrogen-bond donors (Lipinski definition) is 1. The quantitative estimate of drug-likeness (QED) is 0.782. The summed E-state index contributed by atoms with van der Waals surface area (Å²) >= 11 is 0. The van der Waals surface area contributed by atoms with Crippen LogP contribution in [0.1, 0.15) is 33.1 Å². The summed E-state index contributed by atoms with van der Waals surface area (Å²) in [6, 6.07) is 0. The maximum absolute atomic E-state index is 6.04. The van der Waals surface area contributed by atoms with Gasteiger partial charge in [0, 0.05) is 18.2 Å².